The molecule has 1 aromatic carbocycles. The third kappa shape index (κ3) is 2.34. The number of carbonyl (C=O) groups excluding carboxylic acids is 1. The fraction of sp³-hybridized carbons (Fsp3) is 0.467. The number of benzene rings is 1. The van der Waals surface area contributed by atoms with Gasteiger partial charge in [0.1, 0.15) is 6.07 Å². The lowest BCUT2D eigenvalue weighted by Gasteiger charge is -2.29. The molecule has 104 valence electrons. The highest BCUT2D eigenvalue weighted by Crippen LogP contribution is 2.36. The normalized spacial score (nSPS) is 22.9. The molecule has 1 saturated carbocycles. The molecular weight excluding hydrogens is 274 g/mol. The Morgan fingerprint density at radius 2 is 2.10 bits per heavy atom. The molecule has 1 N–H and O–H groups in total. The van der Waals surface area contributed by atoms with Gasteiger partial charge in [-0.25, -0.2) is 0 Å². The third-order valence-corrected chi connectivity index (χ3v) is 4.58. The van der Waals surface area contributed by atoms with Crippen molar-refractivity contribution < 1.29 is 4.79 Å². The second kappa shape index (κ2) is 5.34. The Labute approximate surface area is 123 Å². The standard InChI is InChI=1S/C15H16ClN3O/c16-13-7-12(6-5-11(13)9-17)19-14(8-15(20)18-19)10-3-1-2-4-10/h5-7,10,14H,1-4,8H2,(H,18,20). The highest BCUT2D eigenvalue weighted by atomic mass is 35.5. The molecule has 0 radical (unpaired) electrons. The van der Waals surface area contributed by atoms with E-state index < -0.39 is 0 Å². The number of amides is 1. The fourth-order valence-electron chi connectivity index (χ4n) is 3.26. The van der Waals surface area contributed by atoms with Crippen molar-refractivity contribution in [1.82, 2.24) is 5.43 Å². The van der Waals surface area contributed by atoms with Gasteiger partial charge in [0.25, 0.3) is 0 Å². The summed E-state index contributed by atoms with van der Waals surface area (Å²) >= 11 is 6.09. The minimum Gasteiger partial charge on any atom is -0.282 e. The molecule has 1 heterocycles. The van der Waals surface area contributed by atoms with E-state index in [1.54, 1.807) is 12.1 Å². The summed E-state index contributed by atoms with van der Waals surface area (Å²) < 4.78 is 0. The molecular formula is C15H16ClN3O. The average Bonchev–Trinajstić information content (AvgIpc) is 3.07. The van der Waals surface area contributed by atoms with E-state index in [0.717, 1.165) is 5.69 Å². The largest absolute Gasteiger partial charge is 0.282 e. The minimum atomic E-state index is 0.0578. The topological polar surface area (TPSA) is 56.1 Å². The second-order valence-electron chi connectivity index (χ2n) is 5.50. The molecule has 1 aliphatic carbocycles. The minimum absolute atomic E-state index is 0.0578. The van der Waals surface area contributed by atoms with Crippen molar-refractivity contribution in [1.29, 1.82) is 5.26 Å². The molecule has 3 rings (SSSR count). The number of nitriles is 1. The van der Waals surface area contributed by atoms with Gasteiger partial charge in [0.05, 0.1) is 28.7 Å². The number of hydrazine groups is 1. The van der Waals surface area contributed by atoms with E-state index in [1.807, 2.05) is 11.1 Å². The summed E-state index contributed by atoms with van der Waals surface area (Å²) in [5.41, 5.74) is 4.23. The molecule has 1 unspecified atom stereocenters. The SMILES string of the molecule is N#Cc1ccc(N2NC(=O)CC2C2CCCC2)cc1Cl. The number of nitrogens with one attached hydrogen (secondary N) is 1. The predicted octanol–water partition coefficient (Wildman–Crippen LogP) is 3.01. The van der Waals surface area contributed by atoms with Crippen LogP contribution in [0.2, 0.25) is 5.02 Å². The van der Waals surface area contributed by atoms with Crippen molar-refractivity contribution in [3.8, 4) is 6.07 Å². The second-order valence-corrected chi connectivity index (χ2v) is 5.90. The Morgan fingerprint density at radius 3 is 2.75 bits per heavy atom. The number of hydrogen-bond donors (Lipinski definition) is 1. The van der Waals surface area contributed by atoms with Crippen molar-refractivity contribution in [2.24, 2.45) is 5.92 Å². The highest BCUT2D eigenvalue weighted by Gasteiger charge is 2.37. The predicted molar refractivity (Wildman–Crippen MR) is 77.2 cm³/mol. The van der Waals surface area contributed by atoms with E-state index in [-0.39, 0.29) is 11.9 Å². The maximum atomic E-state index is 11.8. The molecule has 5 heteroatoms. The van der Waals surface area contributed by atoms with Gasteiger partial charge >= 0.3 is 0 Å². The lowest BCUT2D eigenvalue weighted by molar-refractivity contribution is -0.119. The van der Waals surface area contributed by atoms with Gasteiger partial charge in [0.2, 0.25) is 5.91 Å². The summed E-state index contributed by atoms with van der Waals surface area (Å²) in [5, 5.41) is 11.3. The molecule has 1 amide bonds. The van der Waals surface area contributed by atoms with E-state index in [9.17, 15) is 4.79 Å². The van der Waals surface area contributed by atoms with Crippen LogP contribution in [-0.4, -0.2) is 11.9 Å². The van der Waals surface area contributed by atoms with Crippen LogP contribution >= 0.6 is 11.6 Å². The van der Waals surface area contributed by atoms with Gasteiger partial charge < -0.3 is 0 Å². The van der Waals surface area contributed by atoms with E-state index in [2.05, 4.69) is 11.5 Å². The lowest BCUT2D eigenvalue weighted by atomic mass is 9.95. The van der Waals surface area contributed by atoms with Gasteiger partial charge in [0, 0.05) is 0 Å². The van der Waals surface area contributed by atoms with Crippen molar-refractivity contribution in [2.75, 3.05) is 5.01 Å². The zero-order valence-corrected chi connectivity index (χ0v) is 11.9. The van der Waals surface area contributed by atoms with Crippen LogP contribution < -0.4 is 10.4 Å². The van der Waals surface area contributed by atoms with Crippen molar-refractivity contribution >= 4 is 23.2 Å². The fourth-order valence-corrected chi connectivity index (χ4v) is 3.48. The van der Waals surface area contributed by atoms with Gasteiger partial charge in [-0.15, -0.1) is 0 Å². The Morgan fingerprint density at radius 1 is 1.35 bits per heavy atom. The zero-order chi connectivity index (χ0) is 14.1. The van der Waals surface area contributed by atoms with Crippen LogP contribution in [0.1, 0.15) is 37.7 Å². The number of hydrogen-bond acceptors (Lipinski definition) is 3. The first-order chi connectivity index (χ1) is 9.69. The summed E-state index contributed by atoms with van der Waals surface area (Å²) in [4.78, 5) is 11.8. The Balaban J connectivity index is 1.89. The van der Waals surface area contributed by atoms with Crippen LogP contribution in [-0.2, 0) is 4.79 Å². The third-order valence-electron chi connectivity index (χ3n) is 4.27. The van der Waals surface area contributed by atoms with E-state index in [0.29, 0.717) is 22.9 Å². The number of nitrogens with zero attached hydrogens (tertiary/aromatic N) is 2. The number of carbonyl (C=O) groups is 1. The van der Waals surface area contributed by atoms with Gasteiger partial charge in [-0.1, -0.05) is 24.4 Å². The van der Waals surface area contributed by atoms with Crippen molar-refractivity contribution in [3.05, 3.63) is 28.8 Å². The van der Waals surface area contributed by atoms with Crippen LogP contribution in [0.5, 0.6) is 0 Å². The van der Waals surface area contributed by atoms with Crippen LogP contribution in [0.15, 0.2) is 18.2 Å². The van der Waals surface area contributed by atoms with Gasteiger partial charge in [-0.05, 0) is 37.0 Å². The smallest absolute Gasteiger partial charge is 0.240 e. The quantitative estimate of drug-likeness (QED) is 0.910. The Kier molecular flexibility index (Phi) is 3.54. The first kappa shape index (κ1) is 13.3. The molecule has 2 aliphatic rings. The summed E-state index contributed by atoms with van der Waals surface area (Å²) in [6.07, 6.45) is 5.40. The highest BCUT2D eigenvalue weighted by molar-refractivity contribution is 6.32. The monoisotopic (exact) mass is 289 g/mol. The Bertz CT molecular complexity index is 575. The summed E-state index contributed by atoms with van der Waals surface area (Å²) in [6, 6.07) is 7.56. The first-order valence-electron chi connectivity index (χ1n) is 6.97. The van der Waals surface area contributed by atoms with Crippen LogP contribution in [0, 0.1) is 17.2 Å². The van der Waals surface area contributed by atoms with Gasteiger partial charge in [-0.2, -0.15) is 5.26 Å². The van der Waals surface area contributed by atoms with Crippen molar-refractivity contribution in [2.45, 2.75) is 38.1 Å². The molecule has 1 atom stereocenters. The molecule has 20 heavy (non-hydrogen) atoms. The molecule has 0 aromatic heterocycles. The zero-order valence-electron chi connectivity index (χ0n) is 11.1. The van der Waals surface area contributed by atoms with E-state index in [4.69, 9.17) is 16.9 Å². The molecule has 1 saturated heterocycles. The molecule has 1 aliphatic heterocycles. The van der Waals surface area contributed by atoms with Gasteiger partial charge in [-0.3, -0.25) is 15.2 Å². The maximum absolute atomic E-state index is 11.8. The van der Waals surface area contributed by atoms with Crippen LogP contribution in [0.4, 0.5) is 5.69 Å². The van der Waals surface area contributed by atoms with E-state index in [1.165, 1.54) is 25.7 Å². The molecule has 2 fully saturated rings. The molecule has 0 bridgehead atoms. The maximum Gasteiger partial charge on any atom is 0.240 e. The van der Waals surface area contributed by atoms with Crippen molar-refractivity contribution in [3.63, 3.8) is 0 Å². The Hall–Kier alpha value is -1.73. The number of anilines is 1. The number of rotatable bonds is 2. The van der Waals surface area contributed by atoms with Gasteiger partial charge in [0.15, 0.2) is 0 Å². The number of halogens is 1. The lowest BCUT2D eigenvalue weighted by Crippen LogP contribution is -2.41. The summed E-state index contributed by atoms with van der Waals surface area (Å²) in [6.45, 7) is 0. The summed E-state index contributed by atoms with van der Waals surface area (Å²) in [5.74, 6) is 0.616. The van der Waals surface area contributed by atoms with Crippen LogP contribution in [0.3, 0.4) is 0 Å². The molecule has 0 spiro atoms. The first-order valence-corrected chi connectivity index (χ1v) is 7.35. The van der Waals surface area contributed by atoms with Crippen LogP contribution in [0.25, 0.3) is 0 Å². The average molecular weight is 290 g/mol. The van der Waals surface area contributed by atoms with E-state index >= 15 is 0 Å². The molecule has 4 nitrogen and oxygen atoms in total. The molecule has 1 aromatic rings. The summed E-state index contributed by atoms with van der Waals surface area (Å²) in [7, 11) is 0.